The van der Waals surface area contributed by atoms with Crippen LogP contribution in [0.4, 0.5) is 4.79 Å². The summed E-state index contributed by atoms with van der Waals surface area (Å²) in [6, 6.07) is 18.5. The van der Waals surface area contributed by atoms with E-state index in [9.17, 15) is 9.59 Å². The summed E-state index contributed by atoms with van der Waals surface area (Å²) in [6.45, 7) is 2.80. The third kappa shape index (κ3) is 5.47. The molecule has 0 fully saturated rings. The van der Waals surface area contributed by atoms with Crippen LogP contribution in [0, 0.1) is 0 Å². The van der Waals surface area contributed by atoms with Crippen molar-refractivity contribution < 1.29 is 14.3 Å². The fourth-order valence-corrected chi connectivity index (χ4v) is 3.14. The van der Waals surface area contributed by atoms with E-state index in [1.807, 2.05) is 25.1 Å². The number of aromatic nitrogens is 2. The monoisotopic (exact) mass is 406 g/mol. The van der Waals surface area contributed by atoms with Gasteiger partial charge in [-0.3, -0.25) is 4.79 Å². The van der Waals surface area contributed by atoms with Crippen LogP contribution in [0.5, 0.6) is 0 Å². The minimum absolute atomic E-state index is 0.110. The summed E-state index contributed by atoms with van der Waals surface area (Å²) in [5.41, 5.74) is 4.23. The van der Waals surface area contributed by atoms with Crippen molar-refractivity contribution in [2.75, 3.05) is 20.2 Å². The molecule has 0 radical (unpaired) electrons. The Labute approximate surface area is 176 Å². The number of aromatic amines is 1. The lowest BCUT2D eigenvalue weighted by atomic mass is 10.0. The van der Waals surface area contributed by atoms with E-state index < -0.39 is 6.09 Å². The molecule has 0 aliphatic heterocycles. The van der Waals surface area contributed by atoms with Crippen molar-refractivity contribution in [1.82, 2.24) is 20.2 Å². The van der Waals surface area contributed by atoms with Crippen LogP contribution in [0.3, 0.4) is 0 Å². The van der Waals surface area contributed by atoms with Crippen molar-refractivity contribution in [2.24, 2.45) is 0 Å². The number of hydrogen-bond donors (Lipinski definition) is 2. The fraction of sp³-hybridized carbons (Fsp3) is 0.261. The molecule has 2 amide bonds. The van der Waals surface area contributed by atoms with E-state index in [2.05, 4.69) is 56.4 Å². The zero-order valence-corrected chi connectivity index (χ0v) is 17.2. The van der Waals surface area contributed by atoms with Gasteiger partial charge in [-0.15, -0.1) is 0 Å². The number of amides is 2. The first kappa shape index (κ1) is 21.1. The molecule has 0 aliphatic rings. The molecule has 0 aliphatic carbocycles. The molecule has 2 N–H and O–H groups in total. The molecule has 3 aromatic rings. The molecule has 30 heavy (non-hydrogen) atoms. The van der Waals surface area contributed by atoms with Crippen molar-refractivity contribution in [3.05, 3.63) is 66.6 Å². The average molecular weight is 406 g/mol. The van der Waals surface area contributed by atoms with E-state index >= 15 is 0 Å². The number of methoxy groups -OCH3 is 1. The number of ether oxygens (including phenoxy) is 1. The topological polar surface area (TPSA) is 87.3 Å². The molecule has 2 aromatic carbocycles. The number of alkyl carbamates (subject to hydrolysis) is 1. The van der Waals surface area contributed by atoms with Gasteiger partial charge in [0, 0.05) is 6.54 Å². The molecule has 0 saturated heterocycles. The van der Waals surface area contributed by atoms with Gasteiger partial charge in [-0.2, -0.15) is 0 Å². The number of hydrogen-bond acceptors (Lipinski definition) is 4. The second kappa shape index (κ2) is 10.2. The minimum atomic E-state index is -0.626. The number of benzene rings is 2. The van der Waals surface area contributed by atoms with Crippen molar-refractivity contribution >= 4 is 12.0 Å². The Balaban J connectivity index is 1.67. The third-order valence-corrected chi connectivity index (χ3v) is 4.69. The van der Waals surface area contributed by atoms with Crippen molar-refractivity contribution in [3.63, 3.8) is 0 Å². The largest absolute Gasteiger partial charge is 0.453 e. The van der Waals surface area contributed by atoms with Crippen LogP contribution in [0.1, 0.15) is 19.2 Å². The summed E-state index contributed by atoms with van der Waals surface area (Å²) in [7, 11) is 1.26. The number of imidazole rings is 1. The Morgan fingerprint density at radius 2 is 1.70 bits per heavy atom. The van der Waals surface area contributed by atoms with Crippen LogP contribution >= 0.6 is 0 Å². The van der Waals surface area contributed by atoms with Crippen LogP contribution in [0.2, 0.25) is 0 Å². The number of H-pyrrole nitrogens is 1. The SMILES string of the molecule is CCCN(Cc1ncc(-c2ccc(-c3ccccc3)cc2)[nH]1)C(=O)CNC(=O)OC. The van der Waals surface area contributed by atoms with Gasteiger partial charge < -0.3 is 19.9 Å². The van der Waals surface area contributed by atoms with Crippen LogP contribution in [-0.4, -0.2) is 47.1 Å². The van der Waals surface area contributed by atoms with Gasteiger partial charge in [-0.25, -0.2) is 9.78 Å². The first-order valence-electron chi connectivity index (χ1n) is 9.90. The number of carbonyl (C=O) groups excluding carboxylic acids is 2. The van der Waals surface area contributed by atoms with Crippen LogP contribution < -0.4 is 5.32 Å². The zero-order valence-electron chi connectivity index (χ0n) is 17.2. The lowest BCUT2D eigenvalue weighted by molar-refractivity contribution is -0.130. The number of carbonyl (C=O) groups is 2. The normalized spacial score (nSPS) is 10.5. The highest BCUT2D eigenvalue weighted by molar-refractivity contribution is 5.82. The third-order valence-electron chi connectivity index (χ3n) is 4.69. The molecule has 7 nitrogen and oxygen atoms in total. The van der Waals surface area contributed by atoms with Gasteiger partial charge in [-0.05, 0) is 23.1 Å². The lowest BCUT2D eigenvalue weighted by Gasteiger charge is -2.21. The maximum Gasteiger partial charge on any atom is 0.407 e. The zero-order chi connectivity index (χ0) is 21.3. The minimum Gasteiger partial charge on any atom is -0.453 e. The molecule has 3 rings (SSSR count). The predicted octanol–water partition coefficient (Wildman–Crippen LogP) is 3.84. The molecule has 7 heteroatoms. The highest BCUT2D eigenvalue weighted by atomic mass is 16.5. The summed E-state index contributed by atoms with van der Waals surface area (Å²) in [6.07, 6.45) is 1.95. The van der Waals surface area contributed by atoms with Crippen molar-refractivity contribution in [3.8, 4) is 22.4 Å². The lowest BCUT2D eigenvalue weighted by Crippen LogP contribution is -2.40. The molecule has 0 saturated carbocycles. The smallest absolute Gasteiger partial charge is 0.407 e. The van der Waals surface area contributed by atoms with E-state index in [1.54, 1.807) is 11.1 Å². The second-order valence-corrected chi connectivity index (χ2v) is 6.85. The van der Waals surface area contributed by atoms with Crippen LogP contribution in [0.25, 0.3) is 22.4 Å². The fourth-order valence-electron chi connectivity index (χ4n) is 3.14. The Morgan fingerprint density at radius 1 is 1.03 bits per heavy atom. The Hall–Kier alpha value is -3.61. The summed E-state index contributed by atoms with van der Waals surface area (Å²) in [4.78, 5) is 33.0. The highest BCUT2D eigenvalue weighted by Gasteiger charge is 2.16. The highest BCUT2D eigenvalue weighted by Crippen LogP contribution is 2.24. The van der Waals surface area contributed by atoms with Gasteiger partial charge in [0.1, 0.15) is 12.4 Å². The van der Waals surface area contributed by atoms with Crippen LogP contribution in [0.15, 0.2) is 60.8 Å². The van der Waals surface area contributed by atoms with Crippen LogP contribution in [-0.2, 0) is 16.1 Å². The van der Waals surface area contributed by atoms with Gasteiger partial charge in [0.25, 0.3) is 0 Å². The van der Waals surface area contributed by atoms with E-state index in [1.165, 1.54) is 12.7 Å². The summed E-state index contributed by atoms with van der Waals surface area (Å²) < 4.78 is 4.51. The van der Waals surface area contributed by atoms with E-state index in [0.29, 0.717) is 18.9 Å². The molecule has 1 aromatic heterocycles. The number of nitrogens with zero attached hydrogens (tertiary/aromatic N) is 2. The van der Waals surface area contributed by atoms with E-state index in [0.717, 1.165) is 23.2 Å². The summed E-state index contributed by atoms with van der Waals surface area (Å²) in [5, 5.41) is 2.42. The second-order valence-electron chi connectivity index (χ2n) is 6.85. The predicted molar refractivity (Wildman–Crippen MR) is 116 cm³/mol. The first-order valence-corrected chi connectivity index (χ1v) is 9.90. The summed E-state index contributed by atoms with van der Waals surface area (Å²) in [5.74, 6) is 0.504. The molecule has 0 atom stereocenters. The number of nitrogens with one attached hydrogen (secondary N) is 2. The number of rotatable bonds is 8. The maximum atomic E-state index is 12.4. The molecule has 0 spiro atoms. The Bertz CT molecular complexity index is 968. The maximum absolute atomic E-state index is 12.4. The van der Waals surface area contributed by atoms with Gasteiger partial charge in [0.2, 0.25) is 5.91 Å². The standard InChI is InChI=1S/C23H26N4O3/c1-3-13-27(22(28)15-25-23(29)30-2)16-21-24-14-20(26-21)19-11-9-18(10-12-19)17-7-5-4-6-8-17/h4-12,14H,3,13,15-16H2,1-2H3,(H,24,26)(H,25,29). The summed E-state index contributed by atoms with van der Waals surface area (Å²) >= 11 is 0. The van der Waals surface area contributed by atoms with Gasteiger partial charge >= 0.3 is 6.09 Å². The molecular formula is C23H26N4O3. The van der Waals surface area contributed by atoms with Crippen molar-refractivity contribution in [2.45, 2.75) is 19.9 Å². The molecule has 0 unspecified atom stereocenters. The molecule has 0 bridgehead atoms. The average Bonchev–Trinajstić information content (AvgIpc) is 3.26. The molecule has 1 heterocycles. The molecule has 156 valence electrons. The molecular weight excluding hydrogens is 380 g/mol. The van der Waals surface area contributed by atoms with Gasteiger partial charge in [0.15, 0.2) is 0 Å². The van der Waals surface area contributed by atoms with Crippen molar-refractivity contribution in [1.29, 1.82) is 0 Å². The Morgan fingerprint density at radius 3 is 2.37 bits per heavy atom. The first-order chi connectivity index (χ1) is 14.6. The quantitative estimate of drug-likeness (QED) is 0.595. The van der Waals surface area contributed by atoms with E-state index in [-0.39, 0.29) is 12.5 Å². The van der Waals surface area contributed by atoms with E-state index in [4.69, 9.17) is 0 Å². The van der Waals surface area contributed by atoms with Gasteiger partial charge in [0.05, 0.1) is 25.5 Å². The van der Waals surface area contributed by atoms with Gasteiger partial charge in [-0.1, -0.05) is 61.5 Å². The Kier molecular flexibility index (Phi) is 7.21.